The van der Waals surface area contributed by atoms with E-state index in [0.717, 1.165) is 6.42 Å². The van der Waals surface area contributed by atoms with Gasteiger partial charge in [0.25, 0.3) is 5.22 Å². The molecule has 0 aliphatic heterocycles. The van der Waals surface area contributed by atoms with Crippen molar-refractivity contribution in [2.24, 2.45) is 0 Å². The maximum Gasteiger partial charge on any atom is 0.277 e. The zero-order chi connectivity index (χ0) is 18.1. The van der Waals surface area contributed by atoms with Crippen LogP contribution in [0, 0.1) is 0 Å². The van der Waals surface area contributed by atoms with Gasteiger partial charge in [0.15, 0.2) is 0 Å². The number of aromatic nitrogens is 2. The summed E-state index contributed by atoms with van der Waals surface area (Å²) in [6, 6.07) is 5.30. The van der Waals surface area contributed by atoms with Gasteiger partial charge in [0.1, 0.15) is 11.5 Å². The van der Waals surface area contributed by atoms with Crippen LogP contribution in [0.3, 0.4) is 0 Å². The molecule has 0 aliphatic carbocycles. The number of carbonyl (C=O) groups excluding carboxylic acids is 1. The third kappa shape index (κ3) is 5.95. The largest absolute Gasteiger partial charge is 0.497 e. The van der Waals surface area contributed by atoms with Crippen molar-refractivity contribution >= 4 is 17.7 Å². The number of amides is 1. The maximum absolute atomic E-state index is 11.7. The molecule has 1 heterocycles. The molecule has 8 nitrogen and oxygen atoms in total. The molecule has 0 radical (unpaired) electrons. The second-order valence-electron chi connectivity index (χ2n) is 4.96. The second-order valence-corrected chi connectivity index (χ2v) is 5.89. The number of nitrogens with zero attached hydrogens (tertiary/aromatic N) is 2. The molecule has 0 bridgehead atoms. The van der Waals surface area contributed by atoms with E-state index in [9.17, 15) is 4.79 Å². The SMILES string of the molecule is COCCCNC(=O)CSc1nnc(-c2cc(OC)cc(OC)c2)o1. The van der Waals surface area contributed by atoms with Gasteiger partial charge in [0, 0.05) is 31.9 Å². The summed E-state index contributed by atoms with van der Waals surface area (Å²) in [4.78, 5) is 11.7. The van der Waals surface area contributed by atoms with Gasteiger partial charge in [-0.3, -0.25) is 4.79 Å². The van der Waals surface area contributed by atoms with Crippen LogP contribution in [0.4, 0.5) is 0 Å². The maximum atomic E-state index is 11.7. The molecular weight excluding hydrogens is 346 g/mol. The van der Waals surface area contributed by atoms with E-state index in [1.54, 1.807) is 39.5 Å². The van der Waals surface area contributed by atoms with Crippen LogP contribution in [0.5, 0.6) is 11.5 Å². The van der Waals surface area contributed by atoms with Gasteiger partial charge in [0.05, 0.1) is 20.0 Å². The lowest BCUT2D eigenvalue weighted by Gasteiger charge is -2.05. The molecule has 1 aromatic carbocycles. The first-order valence-corrected chi connectivity index (χ1v) is 8.60. The van der Waals surface area contributed by atoms with E-state index < -0.39 is 0 Å². The van der Waals surface area contributed by atoms with Crippen molar-refractivity contribution in [1.29, 1.82) is 0 Å². The van der Waals surface area contributed by atoms with Crippen LogP contribution < -0.4 is 14.8 Å². The van der Waals surface area contributed by atoms with Crippen LogP contribution in [-0.4, -0.2) is 56.3 Å². The lowest BCUT2D eigenvalue weighted by Crippen LogP contribution is -2.26. The van der Waals surface area contributed by atoms with Gasteiger partial charge in [-0.05, 0) is 18.6 Å². The Morgan fingerprint density at radius 3 is 2.52 bits per heavy atom. The van der Waals surface area contributed by atoms with Crippen molar-refractivity contribution in [1.82, 2.24) is 15.5 Å². The highest BCUT2D eigenvalue weighted by Gasteiger charge is 2.13. The summed E-state index contributed by atoms with van der Waals surface area (Å²) >= 11 is 1.18. The fourth-order valence-electron chi connectivity index (χ4n) is 1.94. The van der Waals surface area contributed by atoms with Gasteiger partial charge in [-0.1, -0.05) is 11.8 Å². The van der Waals surface area contributed by atoms with Crippen molar-refractivity contribution in [3.05, 3.63) is 18.2 Å². The normalized spacial score (nSPS) is 10.5. The van der Waals surface area contributed by atoms with Crippen molar-refractivity contribution in [3.63, 3.8) is 0 Å². The molecule has 0 saturated heterocycles. The van der Waals surface area contributed by atoms with Gasteiger partial charge in [-0.15, -0.1) is 10.2 Å². The molecule has 0 aliphatic rings. The monoisotopic (exact) mass is 367 g/mol. The third-order valence-corrected chi connectivity index (χ3v) is 4.00. The number of hydrogen-bond donors (Lipinski definition) is 1. The number of nitrogens with one attached hydrogen (secondary N) is 1. The molecule has 2 rings (SSSR count). The van der Waals surface area contributed by atoms with Gasteiger partial charge >= 0.3 is 0 Å². The molecule has 0 fully saturated rings. The molecule has 9 heteroatoms. The van der Waals surface area contributed by atoms with Gasteiger partial charge in [-0.25, -0.2) is 0 Å². The minimum Gasteiger partial charge on any atom is -0.497 e. The Kier molecular flexibility index (Phi) is 7.55. The molecule has 1 aromatic heterocycles. The number of carbonyl (C=O) groups is 1. The number of rotatable bonds is 10. The van der Waals surface area contributed by atoms with E-state index >= 15 is 0 Å². The molecule has 0 saturated carbocycles. The third-order valence-electron chi connectivity index (χ3n) is 3.18. The van der Waals surface area contributed by atoms with Gasteiger partial charge in [-0.2, -0.15) is 0 Å². The first kappa shape index (κ1) is 19.1. The topological polar surface area (TPSA) is 95.7 Å². The Bertz CT molecular complexity index is 670. The van der Waals surface area contributed by atoms with Crippen LogP contribution in [0.25, 0.3) is 11.5 Å². The number of thioether (sulfide) groups is 1. The molecular formula is C16H21N3O5S. The Morgan fingerprint density at radius 2 is 1.88 bits per heavy atom. The van der Waals surface area contributed by atoms with E-state index in [0.29, 0.717) is 41.3 Å². The summed E-state index contributed by atoms with van der Waals surface area (Å²) < 4.78 is 21.0. The highest BCUT2D eigenvalue weighted by atomic mass is 32.2. The van der Waals surface area contributed by atoms with Crippen LogP contribution >= 0.6 is 11.8 Å². The van der Waals surface area contributed by atoms with Crippen molar-refractivity contribution in [2.45, 2.75) is 11.6 Å². The number of hydrogen-bond acceptors (Lipinski definition) is 8. The van der Waals surface area contributed by atoms with Crippen LogP contribution in [0.15, 0.2) is 27.8 Å². The molecule has 1 amide bonds. The van der Waals surface area contributed by atoms with Gasteiger partial charge in [0.2, 0.25) is 11.8 Å². The van der Waals surface area contributed by atoms with E-state index in [2.05, 4.69) is 15.5 Å². The second kappa shape index (κ2) is 9.90. The molecule has 0 spiro atoms. The summed E-state index contributed by atoms with van der Waals surface area (Å²) in [5.74, 6) is 1.69. The van der Waals surface area contributed by atoms with E-state index in [1.165, 1.54) is 11.8 Å². The Balaban J connectivity index is 1.93. The molecule has 0 atom stereocenters. The molecule has 136 valence electrons. The predicted molar refractivity (Wildman–Crippen MR) is 93.1 cm³/mol. The van der Waals surface area contributed by atoms with Crippen molar-refractivity contribution < 1.29 is 23.4 Å². The average molecular weight is 367 g/mol. The lowest BCUT2D eigenvalue weighted by molar-refractivity contribution is -0.118. The van der Waals surface area contributed by atoms with Crippen LogP contribution in [-0.2, 0) is 9.53 Å². The fourth-order valence-corrected chi connectivity index (χ4v) is 2.53. The Morgan fingerprint density at radius 1 is 1.16 bits per heavy atom. The minimum atomic E-state index is -0.0936. The highest BCUT2D eigenvalue weighted by Crippen LogP contribution is 2.30. The summed E-state index contributed by atoms with van der Waals surface area (Å²) in [6.45, 7) is 1.19. The fraction of sp³-hybridized carbons (Fsp3) is 0.438. The zero-order valence-electron chi connectivity index (χ0n) is 14.4. The zero-order valence-corrected chi connectivity index (χ0v) is 15.2. The van der Waals surface area contributed by atoms with E-state index in [-0.39, 0.29) is 11.7 Å². The first-order chi connectivity index (χ1) is 12.2. The molecule has 1 N–H and O–H groups in total. The Hall–Kier alpha value is -2.26. The smallest absolute Gasteiger partial charge is 0.277 e. The van der Waals surface area contributed by atoms with E-state index in [4.69, 9.17) is 18.6 Å². The molecule has 25 heavy (non-hydrogen) atoms. The highest BCUT2D eigenvalue weighted by molar-refractivity contribution is 7.99. The van der Waals surface area contributed by atoms with Crippen molar-refractivity contribution in [2.75, 3.05) is 40.2 Å². The summed E-state index contributed by atoms with van der Waals surface area (Å²) in [5.41, 5.74) is 0.680. The van der Waals surface area contributed by atoms with Crippen LogP contribution in [0.2, 0.25) is 0 Å². The summed E-state index contributed by atoms with van der Waals surface area (Å²) in [5, 5.41) is 11.1. The first-order valence-electron chi connectivity index (χ1n) is 7.61. The predicted octanol–water partition coefficient (Wildman–Crippen LogP) is 2.00. The van der Waals surface area contributed by atoms with Crippen LogP contribution in [0.1, 0.15) is 6.42 Å². The lowest BCUT2D eigenvalue weighted by atomic mass is 10.2. The van der Waals surface area contributed by atoms with E-state index in [1.807, 2.05) is 0 Å². The average Bonchev–Trinajstić information content (AvgIpc) is 3.12. The number of ether oxygens (including phenoxy) is 3. The molecule has 2 aromatic rings. The number of methoxy groups -OCH3 is 3. The standard InChI is InChI=1S/C16H21N3O5S/c1-21-6-4-5-17-14(20)10-25-16-19-18-15(24-16)11-7-12(22-2)9-13(8-11)23-3/h7-9H,4-6,10H2,1-3H3,(H,17,20). The minimum absolute atomic E-state index is 0.0936. The van der Waals surface area contributed by atoms with Gasteiger partial charge < -0.3 is 23.9 Å². The molecule has 0 unspecified atom stereocenters. The summed E-state index contributed by atoms with van der Waals surface area (Å²) in [7, 11) is 4.76. The van der Waals surface area contributed by atoms with Crippen molar-refractivity contribution in [3.8, 4) is 23.0 Å². The quantitative estimate of drug-likeness (QED) is 0.503. The number of benzene rings is 1. The Labute approximate surface area is 150 Å². The summed E-state index contributed by atoms with van der Waals surface area (Å²) in [6.07, 6.45) is 0.773.